The Morgan fingerprint density at radius 2 is 1.57 bits per heavy atom. The Morgan fingerprint density at radius 3 is 2.16 bits per heavy atom. The number of rotatable bonds is 13. The van der Waals surface area contributed by atoms with Crippen molar-refractivity contribution in [1.29, 1.82) is 0 Å². The number of methoxy groups -OCH3 is 2. The molecular weight excluding hydrogens is 625 g/mol. The first-order valence-corrected chi connectivity index (χ1v) is 16.6. The summed E-state index contributed by atoms with van der Waals surface area (Å²) in [5.41, 5.74) is 0.638. The molecule has 4 rings (SSSR count). The molecule has 1 aliphatic carbocycles. The Morgan fingerprint density at radius 1 is 0.932 bits per heavy atom. The molecule has 0 saturated heterocycles. The fourth-order valence-corrected chi connectivity index (χ4v) is 7.31. The van der Waals surface area contributed by atoms with E-state index in [0.29, 0.717) is 21.4 Å². The summed E-state index contributed by atoms with van der Waals surface area (Å²) in [6.07, 6.45) is 4.08. The van der Waals surface area contributed by atoms with E-state index in [1.807, 2.05) is 0 Å². The molecule has 9 nitrogen and oxygen atoms in total. The van der Waals surface area contributed by atoms with E-state index in [1.54, 1.807) is 49.4 Å². The van der Waals surface area contributed by atoms with Crippen LogP contribution in [0.1, 0.15) is 44.6 Å². The summed E-state index contributed by atoms with van der Waals surface area (Å²) in [6.45, 7) is 1.10. The van der Waals surface area contributed by atoms with Crippen molar-refractivity contribution in [2.45, 2.75) is 62.6 Å². The number of hydrogen-bond donors (Lipinski definition) is 1. The third-order valence-electron chi connectivity index (χ3n) is 7.74. The van der Waals surface area contributed by atoms with Gasteiger partial charge in [-0.1, -0.05) is 67.2 Å². The average Bonchev–Trinajstić information content (AvgIpc) is 3.54. The molecule has 12 heteroatoms. The second kappa shape index (κ2) is 15.0. The number of carbonyl (C=O) groups is 2. The van der Waals surface area contributed by atoms with Crippen molar-refractivity contribution in [2.24, 2.45) is 0 Å². The van der Waals surface area contributed by atoms with Crippen LogP contribution in [-0.4, -0.2) is 58.0 Å². The predicted molar refractivity (Wildman–Crippen MR) is 172 cm³/mol. The van der Waals surface area contributed by atoms with E-state index >= 15 is 0 Å². The highest BCUT2D eigenvalue weighted by atomic mass is 35.5. The number of benzene rings is 3. The van der Waals surface area contributed by atoms with E-state index in [0.717, 1.165) is 30.0 Å². The summed E-state index contributed by atoms with van der Waals surface area (Å²) in [6, 6.07) is 16.5. The molecule has 236 valence electrons. The molecule has 3 aromatic rings. The molecule has 1 saturated carbocycles. The number of nitrogens with zero attached hydrogens (tertiary/aromatic N) is 2. The zero-order valence-electron chi connectivity index (χ0n) is 25.0. The van der Waals surface area contributed by atoms with Crippen LogP contribution in [0.2, 0.25) is 10.0 Å². The average molecular weight is 663 g/mol. The van der Waals surface area contributed by atoms with E-state index < -0.39 is 28.5 Å². The van der Waals surface area contributed by atoms with Crippen LogP contribution in [-0.2, 0) is 26.2 Å². The fraction of sp³-hybridized carbons (Fsp3) is 0.375. The molecular formula is C32H37Cl2N3O6S. The monoisotopic (exact) mass is 661 g/mol. The summed E-state index contributed by atoms with van der Waals surface area (Å²) in [5.74, 6) is -0.236. The van der Waals surface area contributed by atoms with Gasteiger partial charge in [0.25, 0.3) is 10.0 Å². The molecule has 1 unspecified atom stereocenters. The summed E-state index contributed by atoms with van der Waals surface area (Å²) in [4.78, 5) is 29.3. The van der Waals surface area contributed by atoms with Crippen molar-refractivity contribution in [1.82, 2.24) is 10.2 Å². The van der Waals surface area contributed by atoms with Crippen LogP contribution in [0.5, 0.6) is 11.5 Å². The fourth-order valence-electron chi connectivity index (χ4n) is 5.37. The van der Waals surface area contributed by atoms with Gasteiger partial charge in [0.1, 0.15) is 12.6 Å². The highest BCUT2D eigenvalue weighted by Gasteiger charge is 2.35. The van der Waals surface area contributed by atoms with Gasteiger partial charge in [-0.25, -0.2) is 8.42 Å². The molecule has 1 aliphatic rings. The van der Waals surface area contributed by atoms with E-state index in [-0.39, 0.29) is 41.2 Å². The third-order valence-corrected chi connectivity index (χ3v) is 10.2. The van der Waals surface area contributed by atoms with Gasteiger partial charge in [-0.2, -0.15) is 0 Å². The number of carbonyl (C=O) groups excluding carboxylic acids is 2. The van der Waals surface area contributed by atoms with E-state index in [2.05, 4.69) is 5.32 Å². The molecule has 0 aliphatic heterocycles. The van der Waals surface area contributed by atoms with Gasteiger partial charge < -0.3 is 19.7 Å². The van der Waals surface area contributed by atoms with E-state index in [9.17, 15) is 18.0 Å². The van der Waals surface area contributed by atoms with Crippen molar-refractivity contribution in [3.8, 4) is 11.5 Å². The zero-order valence-corrected chi connectivity index (χ0v) is 27.3. The molecule has 1 N–H and O–H groups in total. The number of amides is 2. The van der Waals surface area contributed by atoms with E-state index in [4.69, 9.17) is 32.7 Å². The molecule has 0 radical (unpaired) electrons. The van der Waals surface area contributed by atoms with Crippen molar-refractivity contribution < 1.29 is 27.5 Å². The Balaban J connectivity index is 1.78. The molecule has 44 heavy (non-hydrogen) atoms. The Bertz CT molecular complexity index is 1550. The molecule has 0 aromatic heterocycles. The first kappa shape index (κ1) is 33.4. The minimum Gasteiger partial charge on any atom is -0.493 e. The van der Waals surface area contributed by atoms with Gasteiger partial charge in [-0.3, -0.25) is 13.9 Å². The Hall–Kier alpha value is -3.47. The zero-order chi connectivity index (χ0) is 31.9. The van der Waals surface area contributed by atoms with Gasteiger partial charge in [0.05, 0.1) is 24.8 Å². The summed E-state index contributed by atoms with van der Waals surface area (Å²) >= 11 is 13.0. The smallest absolute Gasteiger partial charge is 0.264 e. The van der Waals surface area contributed by atoms with Gasteiger partial charge >= 0.3 is 0 Å². The highest BCUT2D eigenvalue weighted by molar-refractivity contribution is 7.92. The molecule has 0 heterocycles. The Kier molecular flexibility index (Phi) is 11.4. The first-order chi connectivity index (χ1) is 21.1. The second-order valence-corrected chi connectivity index (χ2v) is 13.2. The maximum atomic E-state index is 14.3. The lowest BCUT2D eigenvalue weighted by Crippen LogP contribution is -2.53. The molecule has 3 aromatic carbocycles. The number of hydrogen-bond acceptors (Lipinski definition) is 6. The van der Waals surface area contributed by atoms with Gasteiger partial charge in [-0.15, -0.1) is 0 Å². The van der Waals surface area contributed by atoms with Gasteiger partial charge in [0, 0.05) is 34.3 Å². The van der Waals surface area contributed by atoms with Crippen molar-refractivity contribution in [2.75, 3.05) is 25.1 Å². The predicted octanol–water partition coefficient (Wildman–Crippen LogP) is 6.07. The maximum absolute atomic E-state index is 14.3. The first-order valence-electron chi connectivity index (χ1n) is 14.4. The summed E-state index contributed by atoms with van der Waals surface area (Å²) in [5, 5.41) is 3.75. The van der Waals surface area contributed by atoms with Crippen LogP contribution < -0.4 is 19.1 Å². The van der Waals surface area contributed by atoms with Crippen LogP contribution in [0.25, 0.3) is 0 Å². The lowest BCUT2D eigenvalue weighted by Gasteiger charge is -2.34. The SMILES string of the molecule is CCC(C(=O)NC1CCCC1)N(Cc1c(Cl)cccc1Cl)C(=O)CN(c1ccc(OC)c(OC)c1)S(=O)(=O)c1ccccc1. The van der Waals surface area contributed by atoms with Crippen LogP contribution in [0.3, 0.4) is 0 Å². The topological polar surface area (TPSA) is 105 Å². The normalized spacial score (nSPS) is 14.1. The molecule has 0 bridgehead atoms. The van der Waals surface area contributed by atoms with Crippen LogP contribution in [0.4, 0.5) is 5.69 Å². The molecule has 1 fully saturated rings. The standard InChI is InChI=1S/C32H37Cl2N3O6S/c1-4-28(32(39)35-22-11-8-9-12-22)36(20-25-26(33)15-10-16-27(25)34)31(38)21-37(44(40,41)24-13-6-5-7-14-24)23-17-18-29(42-2)30(19-23)43-3/h5-7,10,13-19,22,28H,4,8-9,11-12,20-21H2,1-3H3,(H,35,39). The van der Waals surface area contributed by atoms with Crippen LogP contribution in [0, 0.1) is 0 Å². The minimum atomic E-state index is -4.25. The van der Waals surface area contributed by atoms with Crippen LogP contribution in [0.15, 0.2) is 71.6 Å². The Labute approximate surface area is 269 Å². The third kappa shape index (κ3) is 7.60. The molecule has 2 amide bonds. The lowest BCUT2D eigenvalue weighted by molar-refractivity contribution is -0.140. The van der Waals surface area contributed by atoms with Crippen molar-refractivity contribution in [3.05, 3.63) is 82.3 Å². The van der Waals surface area contributed by atoms with E-state index in [1.165, 1.54) is 43.4 Å². The number of anilines is 1. The van der Waals surface area contributed by atoms with Gasteiger partial charge in [-0.05, 0) is 55.7 Å². The number of sulfonamides is 1. The number of halogens is 2. The van der Waals surface area contributed by atoms with Crippen molar-refractivity contribution in [3.63, 3.8) is 0 Å². The minimum absolute atomic E-state index is 0.00528. The molecule has 0 spiro atoms. The maximum Gasteiger partial charge on any atom is 0.264 e. The van der Waals surface area contributed by atoms with Crippen LogP contribution >= 0.6 is 23.2 Å². The largest absolute Gasteiger partial charge is 0.493 e. The van der Waals surface area contributed by atoms with Gasteiger partial charge in [0.2, 0.25) is 11.8 Å². The summed E-state index contributed by atoms with van der Waals surface area (Å²) in [7, 11) is -1.34. The van der Waals surface area contributed by atoms with Crippen molar-refractivity contribution >= 4 is 50.7 Å². The lowest BCUT2D eigenvalue weighted by atomic mass is 10.1. The molecule has 1 atom stereocenters. The highest BCUT2D eigenvalue weighted by Crippen LogP contribution is 2.34. The van der Waals surface area contributed by atoms with Gasteiger partial charge in [0.15, 0.2) is 11.5 Å². The number of nitrogens with one attached hydrogen (secondary N) is 1. The quantitative estimate of drug-likeness (QED) is 0.238. The summed E-state index contributed by atoms with van der Waals surface area (Å²) < 4.78 is 39.9. The number of ether oxygens (including phenoxy) is 2. The second-order valence-electron chi connectivity index (χ2n) is 10.5.